The Morgan fingerprint density at radius 3 is 2.14 bits per heavy atom. The summed E-state index contributed by atoms with van der Waals surface area (Å²) < 4.78 is 43.0. The molecule has 0 aliphatic carbocycles. The second-order valence-electron chi connectivity index (χ2n) is 7.83. The molecule has 0 saturated heterocycles. The lowest BCUT2D eigenvalue weighted by Gasteiger charge is -2.16. The molecule has 11 heteroatoms. The van der Waals surface area contributed by atoms with Crippen molar-refractivity contribution in [3.05, 3.63) is 75.7 Å². The van der Waals surface area contributed by atoms with Gasteiger partial charge in [-0.3, -0.25) is 9.59 Å². The van der Waals surface area contributed by atoms with E-state index in [2.05, 4.69) is 10.1 Å². The van der Waals surface area contributed by atoms with Gasteiger partial charge in [-0.15, -0.1) is 0 Å². The van der Waals surface area contributed by atoms with E-state index in [0.717, 1.165) is 4.57 Å². The Labute approximate surface area is 208 Å². The average Bonchev–Trinajstić information content (AvgIpc) is 2.85. The number of rotatable bonds is 8. The molecule has 10 nitrogen and oxygen atoms in total. The fourth-order valence-electron chi connectivity index (χ4n) is 3.68. The van der Waals surface area contributed by atoms with Crippen LogP contribution in [0.4, 0.5) is 5.69 Å². The molecule has 1 heterocycles. The first-order valence-electron chi connectivity index (χ1n) is 10.7. The number of carbonyl (C=O) groups is 2. The Bertz CT molecular complexity index is 1480. The zero-order valence-electron chi connectivity index (χ0n) is 20.4. The van der Waals surface area contributed by atoms with Crippen molar-refractivity contribution in [3.8, 4) is 11.5 Å². The number of anilines is 1. The van der Waals surface area contributed by atoms with Crippen LogP contribution < -0.4 is 20.3 Å². The first-order valence-corrected chi connectivity index (χ1v) is 12.2. The number of hydrogen-bond acceptors (Lipinski definition) is 8. The van der Waals surface area contributed by atoms with Crippen LogP contribution in [0.25, 0.3) is 0 Å². The zero-order chi connectivity index (χ0) is 26.6. The average molecular weight is 515 g/mol. The lowest BCUT2D eigenvalue weighted by atomic mass is 10.2. The van der Waals surface area contributed by atoms with Crippen LogP contribution >= 0.6 is 0 Å². The van der Waals surface area contributed by atoms with Crippen LogP contribution in [-0.4, -0.2) is 46.2 Å². The van der Waals surface area contributed by atoms with Crippen LogP contribution in [0.15, 0.2) is 63.1 Å². The van der Waals surface area contributed by atoms with E-state index in [-0.39, 0.29) is 16.2 Å². The number of benzene rings is 2. The topological polar surface area (TPSA) is 130 Å². The van der Waals surface area contributed by atoms with Crippen molar-refractivity contribution in [1.82, 2.24) is 4.57 Å². The molecule has 1 N–H and O–H groups in total. The number of methoxy groups -OCH3 is 3. The van der Waals surface area contributed by atoms with E-state index in [1.54, 1.807) is 6.92 Å². The summed E-state index contributed by atoms with van der Waals surface area (Å²) in [5, 5.41) is 2.63. The number of pyridine rings is 1. The van der Waals surface area contributed by atoms with E-state index in [0.29, 0.717) is 22.7 Å². The first kappa shape index (κ1) is 26.5. The number of carbonyl (C=O) groups excluding carboxylic acids is 2. The van der Waals surface area contributed by atoms with E-state index in [4.69, 9.17) is 9.47 Å². The van der Waals surface area contributed by atoms with Gasteiger partial charge in [0.1, 0.15) is 11.4 Å². The van der Waals surface area contributed by atoms with Crippen LogP contribution in [0.2, 0.25) is 0 Å². The second-order valence-corrected chi connectivity index (χ2v) is 9.71. The molecule has 1 aromatic heterocycles. The molecule has 0 spiro atoms. The number of sulfone groups is 1. The smallest absolute Gasteiger partial charge is 0.337 e. The molecule has 0 atom stereocenters. The van der Waals surface area contributed by atoms with Crippen LogP contribution in [0.1, 0.15) is 21.6 Å². The molecule has 0 radical (unpaired) electrons. The minimum absolute atomic E-state index is 0.147. The summed E-state index contributed by atoms with van der Waals surface area (Å²) in [4.78, 5) is 37.0. The number of ether oxygens (including phenoxy) is 3. The SMILES string of the molecule is COC(=O)c1ccc(NC(=O)Cn2c(C)cc(C)c(S(=O)(=O)c3ccc(OC)c(OC)c3)c2=O)cc1. The summed E-state index contributed by atoms with van der Waals surface area (Å²) in [7, 11) is -0.190. The Balaban J connectivity index is 1.95. The summed E-state index contributed by atoms with van der Waals surface area (Å²) >= 11 is 0. The molecule has 0 fully saturated rings. The highest BCUT2D eigenvalue weighted by atomic mass is 32.2. The van der Waals surface area contributed by atoms with Gasteiger partial charge in [-0.2, -0.15) is 0 Å². The standard InChI is InChI=1S/C25H26N2O8S/c1-15-12-16(2)27(14-22(28)26-18-8-6-17(7-9-18)25(30)35-5)24(29)23(15)36(31,32)19-10-11-20(33-3)21(13-19)34-4/h6-13H,14H2,1-5H3,(H,26,28). The van der Waals surface area contributed by atoms with Crippen molar-refractivity contribution in [1.29, 1.82) is 0 Å². The van der Waals surface area contributed by atoms with Crippen LogP contribution in [-0.2, 0) is 25.9 Å². The van der Waals surface area contributed by atoms with Crippen molar-refractivity contribution >= 4 is 27.4 Å². The van der Waals surface area contributed by atoms with Crippen molar-refractivity contribution in [2.24, 2.45) is 0 Å². The van der Waals surface area contributed by atoms with E-state index in [9.17, 15) is 22.8 Å². The lowest BCUT2D eigenvalue weighted by Crippen LogP contribution is -2.33. The molecule has 0 aliphatic rings. The molecular weight excluding hydrogens is 488 g/mol. The van der Waals surface area contributed by atoms with Gasteiger partial charge in [0.05, 0.1) is 31.8 Å². The van der Waals surface area contributed by atoms with Crippen LogP contribution in [0.3, 0.4) is 0 Å². The van der Waals surface area contributed by atoms with Gasteiger partial charge in [0.15, 0.2) is 11.5 Å². The largest absolute Gasteiger partial charge is 0.493 e. The van der Waals surface area contributed by atoms with Crippen molar-refractivity contribution in [3.63, 3.8) is 0 Å². The maximum Gasteiger partial charge on any atom is 0.337 e. The van der Waals surface area contributed by atoms with Crippen LogP contribution in [0, 0.1) is 13.8 Å². The number of nitrogens with one attached hydrogen (secondary N) is 1. The number of aryl methyl sites for hydroxylation is 2. The maximum absolute atomic E-state index is 13.4. The van der Waals surface area contributed by atoms with Gasteiger partial charge < -0.3 is 24.1 Å². The monoisotopic (exact) mass is 514 g/mol. The number of hydrogen-bond donors (Lipinski definition) is 1. The predicted octanol–water partition coefficient (Wildman–Crippen LogP) is 2.74. The van der Waals surface area contributed by atoms with Gasteiger partial charge in [-0.1, -0.05) is 0 Å². The molecule has 3 rings (SSSR count). The second kappa shape index (κ2) is 10.6. The predicted molar refractivity (Wildman–Crippen MR) is 132 cm³/mol. The van der Waals surface area contributed by atoms with Gasteiger partial charge in [-0.25, -0.2) is 13.2 Å². The van der Waals surface area contributed by atoms with Gasteiger partial charge in [-0.05, 0) is 61.9 Å². The normalized spacial score (nSPS) is 11.0. The summed E-state index contributed by atoms with van der Waals surface area (Å²) in [6.07, 6.45) is 0. The molecule has 0 unspecified atom stereocenters. The number of amides is 1. The zero-order valence-corrected chi connectivity index (χ0v) is 21.3. The fourth-order valence-corrected chi connectivity index (χ4v) is 5.25. The highest BCUT2D eigenvalue weighted by Gasteiger charge is 2.27. The third-order valence-electron chi connectivity index (χ3n) is 5.47. The van der Waals surface area contributed by atoms with E-state index in [1.807, 2.05) is 0 Å². The number of esters is 1. The lowest BCUT2D eigenvalue weighted by molar-refractivity contribution is -0.116. The summed E-state index contributed by atoms with van der Waals surface area (Å²) in [6.45, 7) is 2.72. The highest BCUT2D eigenvalue weighted by molar-refractivity contribution is 7.91. The minimum Gasteiger partial charge on any atom is -0.493 e. The summed E-state index contributed by atoms with van der Waals surface area (Å²) in [6, 6.07) is 11.6. The quantitative estimate of drug-likeness (QED) is 0.454. The Morgan fingerprint density at radius 2 is 1.56 bits per heavy atom. The van der Waals surface area contributed by atoms with Gasteiger partial charge >= 0.3 is 5.97 Å². The number of aromatic nitrogens is 1. The van der Waals surface area contributed by atoms with Crippen LogP contribution in [0.5, 0.6) is 11.5 Å². The van der Waals surface area contributed by atoms with Crippen molar-refractivity contribution < 1.29 is 32.2 Å². The third kappa shape index (κ3) is 5.25. The first-order chi connectivity index (χ1) is 17.0. The summed E-state index contributed by atoms with van der Waals surface area (Å²) in [5.41, 5.74) is 0.551. The molecule has 190 valence electrons. The molecule has 0 saturated carbocycles. The van der Waals surface area contributed by atoms with E-state index in [1.165, 1.54) is 76.8 Å². The van der Waals surface area contributed by atoms with E-state index >= 15 is 0 Å². The van der Waals surface area contributed by atoms with Crippen molar-refractivity contribution in [2.75, 3.05) is 26.6 Å². The fraction of sp³-hybridized carbons (Fsp3) is 0.240. The number of nitrogens with zero attached hydrogens (tertiary/aromatic N) is 1. The molecule has 1 amide bonds. The van der Waals surface area contributed by atoms with Crippen molar-refractivity contribution in [2.45, 2.75) is 30.2 Å². The molecule has 0 bridgehead atoms. The Morgan fingerprint density at radius 1 is 0.917 bits per heavy atom. The molecule has 3 aromatic rings. The molecule has 2 aromatic carbocycles. The Kier molecular flexibility index (Phi) is 7.83. The Hall–Kier alpha value is -4.12. The summed E-state index contributed by atoms with van der Waals surface area (Å²) in [5.74, 6) is -0.533. The minimum atomic E-state index is -4.25. The third-order valence-corrected chi connectivity index (χ3v) is 7.38. The maximum atomic E-state index is 13.4. The molecular formula is C25H26N2O8S. The van der Waals surface area contributed by atoms with E-state index < -0.39 is 38.7 Å². The van der Waals surface area contributed by atoms with Gasteiger partial charge in [0, 0.05) is 17.4 Å². The van der Waals surface area contributed by atoms with Gasteiger partial charge in [0.25, 0.3) is 5.56 Å². The van der Waals surface area contributed by atoms with Gasteiger partial charge in [0.2, 0.25) is 15.7 Å². The molecule has 0 aliphatic heterocycles. The highest BCUT2D eigenvalue weighted by Crippen LogP contribution is 2.32. The molecule has 36 heavy (non-hydrogen) atoms.